The highest BCUT2D eigenvalue weighted by molar-refractivity contribution is 5.71. The molecule has 1 aromatic carbocycles. The van der Waals surface area contributed by atoms with Crippen LogP contribution in [0, 0.1) is 10.1 Å². The highest BCUT2D eigenvalue weighted by Crippen LogP contribution is 2.35. The van der Waals surface area contributed by atoms with Gasteiger partial charge in [0.25, 0.3) is 5.69 Å². The van der Waals surface area contributed by atoms with Crippen LogP contribution in [0.3, 0.4) is 0 Å². The number of hydrogen-bond donors (Lipinski definition) is 0. The predicted molar refractivity (Wildman–Crippen MR) is 84.5 cm³/mol. The molecule has 2 heterocycles. The summed E-state index contributed by atoms with van der Waals surface area (Å²) in [4.78, 5) is 17.2. The number of nitro groups is 1. The molecule has 0 aromatic heterocycles. The Kier molecular flexibility index (Phi) is 4.15. The van der Waals surface area contributed by atoms with Gasteiger partial charge in [-0.2, -0.15) is 0 Å². The van der Waals surface area contributed by atoms with E-state index in [1.54, 1.807) is 17.0 Å². The number of benzene rings is 1. The van der Waals surface area contributed by atoms with E-state index in [2.05, 4.69) is 16.8 Å². The van der Waals surface area contributed by atoms with E-state index in [-0.39, 0.29) is 17.2 Å². The molecule has 0 aliphatic carbocycles. The summed E-state index contributed by atoms with van der Waals surface area (Å²) < 4.78 is 13.5. The number of piperazine rings is 1. The number of nitrogens with zero attached hydrogens (tertiary/aromatic N) is 4. The first-order valence-electron chi connectivity index (χ1n) is 7.65. The van der Waals surface area contributed by atoms with Crippen molar-refractivity contribution in [2.24, 2.45) is 0 Å². The summed E-state index contributed by atoms with van der Waals surface area (Å²) in [6.45, 7) is 4.53. The summed E-state index contributed by atoms with van der Waals surface area (Å²) in [5.41, 5.74) is 1.59. The second-order valence-corrected chi connectivity index (χ2v) is 6.05. The Morgan fingerprint density at radius 2 is 1.91 bits per heavy atom. The average Bonchev–Trinajstić information content (AvgIpc) is 2.94. The second kappa shape index (κ2) is 6.08. The normalized spacial score (nSPS) is 23.1. The van der Waals surface area contributed by atoms with E-state index in [4.69, 9.17) is 0 Å². The quantitative estimate of drug-likeness (QED) is 0.630. The molecule has 0 bridgehead atoms. The van der Waals surface area contributed by atoms with Crippen LogP contribution in [0.2, 0.25) is 0 Å². The summed E-state index contributed by atoms with van der Waals surface area (Å²) >= 11 is 0. The monoisotopic (exact) mass is 308 g/mol. The van der Waals surface area contributed by atoms with E-state index in [0.29, 0.717) is 18.7 Å². The molecule has 0 spiro atoms. The van der Waals surface area contributed by atoms with E-state index < -0.39 is 6.17 Å². The Morgan fingerprint density at radius 3 is 2.50 bits per heavy atom. The summed E-state index contributed by atoms with van der Waals surface area (Å²) in [5, 5.41) is 11.3. The molecule has 0 N–H and O–H groups in total. The lowest BCUT2D eigenvalue weighted by atomic mass is 10.2. The molecule has 6 nitrogen and oxygen atoms in total. The molecule has 2 saturated heterocycles. The number of anilines is 2. The highest BCUT2D eigenvalue weighted by Gasteiger charge is 2.28. The maximum absolute atomic E-state index is 13.5. The molecule has 22 heavy (non-hydrogen) atoms. The summed E-state index contributed by atoms with van der Waals surface area (Å²) in [6.07, 6.45) is -0.456. The molecule has 3 rings (SSSR count). The lowest BCUT2D eigenvalue weighted by molar-refractivity contribution is -0.384. The second-order valence-electron chi connectivity index (χ2n) is 6.05. The van der Waals surface area contributed by atoms with Crippen LogP contribution < -0.4 is 9.80 Å². The van der Waals surface area contributed by atoms with Crippen LogP contribution in [0.4, 0.5) is 21.5 Å². The molecule has 0 saturated carbocycles. The van der Waals surface area contributed by atoms with Gasteiger partial charge in [-0.15, -0.1) is 0 Å². The summed E-state index contributed by atoms with van der Waals surface area (Å²) in [6, 6.07) is 5.20. The standard InChI is InChI=1S/C15H21FN4O2/c1-17-6-8-18(9-7-17)13-2-3-14(20(21)22)15(10-13)19-5-4-12(16)11-19/h2-3,10,12H,4-9,11H2,1H3/t12-/m0/s1. The van der Waals surface area contributed by atoms with Crippen molar-refractivity contribution in [3.8, 4) is 0 Å². The van der Waals surface area contributed by atoms with Crippen LogP contribution in [0.1, 0.15) is 6.42 Å². The van der Waals surface area contributed by atoms with Crippen molar-refractivity contribution in [1.29, 1.82) is 0 Å². The Labute approximate surface area is 129 Å². The minimum absolute atomic E-state index is 0.0620. The van der Waals surface area contributed by atoms with Crippen molar-refractivity contribution in [1.82, 2.24) is 4.90 Å². The first-order valence-corrected chi connectivity index (χ1v) is 7.65. The zero-order valence-corrected chi connectivity index (χ0v) is 12.7. The predicted octanol–water partition coefficient (Wildman–Crippen LogP) is 1.89. The molecule has 0 unspecified atom stereocenters. The van der Waals surface area contributed by atoms with Crippen molar-refractivity contribution < 1.29 is 9.31 Å². The van der Waals surface area contributed by atoms with Crippen molar-refractivity contribution in [3.05, 3.63) is 28.3 Å². The van der Waals surface area contributed by atoms with Crippen LogP contribution >= 0.6 is 0 Å². The number of halogens is 1. The van der Waals surface area contributed by atoms with Gasteiger partial charge in [0.05, 0.1) is 4.92 Å². The lowest BCUT2D eigenvalue weighted by Crippen LogP contribution is -2.44. The maximum atomic E-state index is 13.5. The average molecular weight is 308 g/mol. The number of alkyl halides is 1. The van der Waals surface area contributed by atoms with Gasteiger partial charge in [0.2, 0.25) is 0 Å². The van der Waals surface area contributed by atoms with E-state index in [1.165, 1.54) is 0 Å². The summed E-state index contributed by atoms with van der Waals surface area (Å²) in [5.74, 6) is 0. The van der Waals surface area contributed by atoms with Crippen LogP contribution in [0.15, 0.2) is 18.2 Å². The van der Waals surface area contributed by atoms with Gasteiger partial charge in [-0.25, -0.2) is 4.39 Å². The Morgan fingerprint density at radius 1 is 1.18 bits per heavy atom. The van der Waals surface area contributed by atoms with Gasteiger partial charge in [-0.1, -0.05) is 0 Å². The van der Waals surface area contributed by atoms with Crippen molar-refractivity contribution in [2.75, 3.05) is 56.1 Å². The first-order chi connectivity index (χ1) is 10.5. The summed E-state index contributed by atoms with van der Waals surface area (Å²) in [7, 11) is 2.09. The highest BCUT2D eigenvalue weighted by atomic mass is 19.1. The first kappa shape index (κ1) is 15.0. The Balaban J connectivity index is 1.88. The molecule has 0 radical (unpaired) electrons. The molecular weight excluding hydrogens is 287 g/mol. The van der Waals surface area contributed by atoms with Crippen molar-refractivity contribution >= 4 is 17.1 Å². The smallest absolute Gasteiger partial charge is 0.292 e. The third-order valence-corrected chi connectivity index (χ3v) is 4.50. The zero-order chi connectivity index (χ0) is 15.7. The molecule has 1 aromatic rings. The Bertz CT molecular complexity index is 560. The number of hydrogen-bond acceptors (Lipinski definition) is 5. The van der Waals surface area contributed by atoms with Crippen molar-refractivity contribution in [2.45, 2.75) is 12.6 Å². The fourth-order valence-corrected chi connectivity index (χ4v) is 3.12. The SMILES string of the molecule is CN1CCN(c2ccc([N+](=O)[O-])c(N3CC[C@H](F)C3)c2)CC1. The maximum Gasteiger partial charge on any atom is 0.292 e. The van der Waals surface area contributed by atoms with Gasteiger partial charge in [-0.05, 0) is 25.6 Å². The number of likely N-dealkylation sites (N-methyl/N-ethyl adjacent to an activating group) is 1. The number of rotatable bonds is 3. The fourth-order valence-electron chi connectivity index (χ4n) is 3.12. The van der Waals surface area contributed by atoms with Gasteiger partial charge < -0.3 is 14.7 Å². The number of nitro benzene ring substituents is 1. The lowest BCUT2D eigenvalue weighted by Gasteiger charge is -2.34. The van der Waals surface area contributed by atoms with E-state index in [0.717, 1.165) is 31.9 Å². The van der Waals surface area contributed by atoms with E-state index in [9.17, 15) is 14.5 Å². The Hall–Kier alpha value is -1.89. The van der Waals surface area contributed by atoms with E-state index >= 15 is 0 Å². The third kappa shape index (κ3) is 2.99. The van der Waals surface area contributed by atoms with Gasteiger partial charge in [-0.3, -0.25) is 10.1 Å². The minimum atomic E-state index is -0.896. The minimum Gasteiger partial charge on any atom is -0.369 e. The molecule has 120 valence electrons. The van der Waals surface area contributed by atoms with Crippen molar-refractivity contribution in [3.63, 3.8) is 0 Å². The van der Waals surface area contributed by atoms with Crippen LogP contribution in [-0.4, -0.2) is 62.3 Å². The molecule has 2 aliphatic rings. The third-order valence-electron chi connectivity index (χ3n) is 4.50. The molecule has 7 heteroatoms. The topological polar surface area (TPSA) is 52.9 Å². The van der Waals surface area contributed by atoms with Gasteiger partial charge in [0.1, 0.15) is 11.9 Å². The van der Waals surface area contributed by atoms with Crippen LogP contribution in [0.25, 0.3) is 0 Å². The van der Waals surface area contributed by atoms with Crippen LogP contribution in [-0.2, 0) is 0 Å². The molecular formula is C15H21FN4O2. The molecule has 0 amide bonds. The molecule has 2 aliphatic heterocycles. The van der Waals surface area contributed by atoms with Gasteiger partial charge in [0.15, 0.2) is 0 Å². The fraction of sp³-hybridized carbons (Fsp3) is 0.600. The largest absolute Gasteiger partial charge is 0.369 e. The van der Waals surface area contributed by atoms with Gasteiger partial charge in [0, 0.05) is 51.0 Å². The van der Waals surface area contributed by atoms with Gasteiger partial charge >= 0.3 is 0 Å². The molecule has 2 fully saturated rings. The molecule has 1 atom stereocenters. The zero-order valence-electron chi connectivity index (χ0n) is 12.7. The van der Waals surface area contributed by atoms with Crippen LogP contribution in [0.5, 0.6) is 0 Å². The van der Waals surface area contributed by atoms with E-state index in [1.807, 2.05) is 6.07 Å².